The summed E-state index contributed by atoms with van der Waals surface area (Å²) in [5.74, 6) is -1.73. The van der Waals surface area contributed by atoms with Crippen LogP contribution in [-0.4, -0.2) is 35.0 Å². The van der Waals surface area contributed by atoms with E-state index in [2.05, 4.69) is 0 Å². The molecule has 6 heteroatoms. The van der Waals surface area contributed by atoms with Crippen LogP contribution >= 0.6 is 0 Å². The van der Waals surface area contributed by atoms with Gasteiger partial charge in [0.25, 0.3) is 5.91 Å². The fraction of sp³-hybridized carbons (Fsp3) is 0.312. The number of carbonyl (C=O) groups is 2. The normalized spacial score (nSPS) is 10.6. The summed E-state index contributed by atoms with van der Waals surface area (Å²) < 4.78 is 5.18. The van der Waals surface area contributed by atoms with Crippen LogP contribution in [0.2, 0.25) is 0 Å². The third-order valence-electron chi connectivity index (χ3n) is 3.39. The van der Waals surface area contributed by atoms with Gasteiger partial charge >= 0.3 is 11.6 Å². The van der Waals surface area contributed by atoms with Crippen molar-refractivity contribution in [2.45, 2.75) is 20.3 Å². The summed E-state index contributed by atoms with van der Waals surface area (Å²) in [5.41, 5.74) is 0.0614. The fourth-order valence-corrected chi connectivity index (χ4v) is 2.40. The van der Waals surface area contributed by atoms with Crippen molar-refractivity contribution in [2.24, 2.45) is 0 Å². The number of hydrogen-bond donors (Lipinski definition) is 1. The molecule has 0 bridgehead atoms. The van der Waals surface area contributed by atoms with Crippen LogP contribution in [0.4, 0.5) is 0 Å². The van der Waals surface area contributed by atoms with Gasteiger partial charge in [-0.3, -0.25) is 9.59 Å². The van der Waals surface area contributed by atoms with E-state index in [-0.39, 0.29) is 12.1 Å². The first-order valence-corrected chi connectivity index (χ1v) is 6.99. The Bertz CT molecular complexity index is 778. The Morgan fingerprint density at radius 1 is 1.27 bits per heavy atom. The van der Waals surface area contributed by atoms with Gasteiger partial charge in [0.15, 0.2) is 0 Å². The first-order chi connectivity index (χ1) is 10.5. The maximum absolute atomic E-state index is 12.6. The number of hydrogen-bond acceptors (Lipinski definition) is 4. The van der Waals surface area contributed by atoms with Crippen LogP contribution in [0.15, 0.2) is 33.5 Å². The van der Waals surface area contributed by atoms with E-state index in [0.29, 0.717) is 23.0 Å². The van der Waals surface area contributed by atoms with Gasteiger partial charge in [0.2, 0.25) is 0 Å². The standard InChI is InChI=1S/C16H17NO5/c1-3-8-17(9-13(18)19)15(20)14-10(2)11-6-4-5-7-12(11)22-16(14)21/h4-7H,3,8-9H2,1-2H3,(H,18,19). The molecule has 116 valence electrons. The smallest absolute Gasteiger partial charge is 0.349 e. The molecular formula is C16H17NO5. The molecule has 1 N–H and O–H groups in total. The second-order valence-electron chi connectivity index (χ2n) is 5.01. The molecule has 1 amide bonds. The summed E-state index contributed by atoms with van der Waals surface area (Å²) in [6.07, 6.45) is 0.594. The van der Waals surface area contributed by atoms with Crippen LogP contribution in [0, 0.1) is 6.92 Å². The van der Waals surface area contributed by atoms with Gasteiger partial charge in [0.1, 0.15) is 17.7 Å². The number of rotatable bonds is 5. The Morgan fingerprint density at radius 3 is 2.59 bits per heavy atom. The van der Waals surface area contributed by atoms with Crippen molar-refractivity contribution in [3.63, 3.8) is 0 Å². The maximum Gasteiger partial charge on any atom is 0.349 e. The maximum atomic E-state index is 12.6. The SMILES string of the molecule is CCCN(CC(=O)O)C(=O)c1c(C)c2ccccc2oc1=O. The number of benzene rings is 1. The molecule has 0 radical (unpaired) electrons. The molecule has 1 aromatic carbocycles. The van der Waals surface area contributed by atoms with E-state index in [4.69, 9.17) is 9.52 Å². The third-order valence-corrected chi connectivity index (χ3v) is 3.39. The average molecular weight is 303 g/mol. The Kier molecular flexibility index (Phi) is 4.60. The van der Waals surface area contributed by atoms with Gasteiger partial charge in [-0.05, 0) is 25.0 Å². The zero-order valence-corrected chi connectivity index (χ0v) is 12.5. The minimum absolute atomic E-state index is 0.103. The Balaban J connectivity index is 2.55. The minimum Gasteiger partial charge on any atom is -0.480 e. The van der Waals surface area contributed by atoms with Crippen molar-refractivity contribution in [1.82, 2.24) is 4.90 Å². The lowest BCUT2D eigenvalue weighted by Gasteiger charge is -2.20. The zero-order chi connectivity index (χ0) is 16.3. The first kappa shape index (κ1) is 15.8. The average Bonchev–Trinajstić information content (AvgIpc) is 2.46. The lowest BCUT2D eigenvalue weighted by molar-refractivity contribution is -0.137. The summed E-state index contributed by atoms with van der Waals surface area (Å²) in [5, 5.41) is 9.59. The van der Waals surface area contributed by atoms with Gasteiger partial charge < -0.3 is 14.4 Å². The van der Waals surface area contributed by atoms with E-state index in [1.165, 1.54) is 0 Å². The van der Waals surface area contributed by atoms with Gasteiger partial charge in [-0.1, -0.05) is 25.1 Å². The van der Waals surface area contributed by atoms with Crippen LogP contribution in [0.5, 0.6) is 0 Å². The molecule has 0 unspecified atom stereocenters. The summed E-state index contributed by atoms with van der Waals surface area (Å²) >= 11 is 0. The van der Waals surface area contributed by atoms with Gasteiger partial charge in [-0.25, -0.2) is 4.79 Å². The molecule has 0 aliphatic carbocycles. The van der Waals surface area contributed by atoms with Crippen molar-refractivity contribution < 1.29 is 19.1 Å². The van der Waals surface area contributed by atoms with E-state index >= 15 is 0 Å². The molecule has 6 nitrogen and oxygen atoms in total. The monoisotopic (exact) mass is 303 g/mol. The highest BCUT2D eigenvalue weighted by atomic mass is 16.4. The molecule has 1 heterocycles. The van der Waals surface area contributed by atoms with Crippen LogP contribution in [-0.2, 0) is 4.79 Å². The predicted octanol–water partition coefficient (Wildman–Crippen LogP) is 2.04. The predicted molar refractivity (Wildman–Crippen MR) is 81.1 cm³/mol. The number of carbonyl (C=O) groups excluding carboxylic acids is 1. The number of aliphatic carboxylic acids is 1. The molecule has 0 aliphatic heterocycles. The molecule has 0 saturated heterocycles. The summed E-state index contributed by atoms with van der Waals surface area (Å²) in [4.78, 5) is 36.7. The number of carboxylic acid groups (broad SMARTS) is 1. The van der Waals surface area contributed by atoms with Gasteiger partial charge in [0.05, 0.1) is 0 Å². The van der Waals surface area contributed by atoms with Crippen molar-refractivity contribution in [3.8, 4) is 0 Å². The number of para-hydroxylation sites is 1. The van der Waals surface area contributed by atoms with Crippen molar-refractivity contribution in [1.29, 1.82) is 0 Å². The molecule has 2 aromatic rings. The molecule has 0 spiro atoms. The Morgan fingerprint density at radius 2 is 1.95 bits per heavy atom. The topological polar surface area (TPSA) is 87.8 Å². The highest BCUT2D eigenvalue weighted by Crippen LogP contribution is 2.20. The van der Waals surface area contributed by atoms with E-state index in [9.17, 15) is 14.4 Å². The lowest BCUT2D eigenvalue weighted by atomic mass is 10.0. The van der Waals surface area contributed by atoms with Crippen LogP contribution in [0.1, 0.15) is 29.3 Å². The molecule has 0 saturated carbocycles. The van der Waals surface area contributed by atoms with Crippen molar-refractivity contribution >= 4 is 22.8 Å². The molecule has 0 aliphatic rings. The number of carboxylic acids is 1. The van der Waals surface area contributed by atoms with Crippen LogP contribution in [0.3, 0.4) is 0 Å². The van der Waals surface area contributed by atoms with Gasteiger partial charge in [0, 0.05) is 11.9 Å². The molecule has 0 atom stereocenters. The molecule has 22 heavy (non-hydrogen) atoms. The summed E-state index contributed by atoms with van der Waals surface area (Å²) in [6, 6.07) is 6.93. The molecular weight excluding hydrogens is 286 g/mol. The van der Waals surface area contributed by atoms with Gasteiger partial charge in [-0.15, -0.1) is 0 Å². The second kappa shape index (κ2) is 6.43. The largest absolute Gasteiger partial charge is 0.480 e. The van der Waals surface area contributed by atoms with Gasteiger partial charge in [-0.2, -0.15) is 0 Å². The quantitative estimate of drug-likeness (QED) is 0.854. The molecule has 1 aromatic heterocycles. The van der Waals surface area contributed by atoms with Crippen molar-refractivity contribution in [3.05, 3.63) is 45.8 Å². The number of nitrogens with zero attached hydrogens (tertiary/aromatic N) is 1. The molecule has 2 rings (SSSR count). The highest BCUT2D eigenvalue weighted by molar-refractivity contribution is 6.00. The summed E-state index contributed by atoms with van der Waals surface area (Å²) in [7, 11) is 0. The Labute approximate surface area is 127 Å². The van der Waals surface area contributed by atoms with Crippen molar-refractivity contribution in [2.75, 3.05) is 13.1 Å². The molecule has 0 fully saturated rings. The van der Waals surface area contributed by atoms with E-state index in [1.54, 1.807) is 31.2 Å². The summed E-state index contributed by atoms with van der Waals surface area (Å²) in [6.45, 7) is 3.31. The number of fused-ring (bicyclic) bond motifs is 1. The van der Waals surface area contributed by atoms with E-state index in [1.807, 2.05) is 6.92 Å². The lowest BCUT2D eigenvalue weighted by Crippen LogP contribution is -2.39. The zero-order valence-electron chi connectivity index (χ0n) is 12.5. The first-order valence-electron chi connectivity index (χ1n) is 6.99. The highest BCUT2D eigenvalue weighted by Gasteiger charge is 2.24. The number of amides is 1. The van der Waals surface area contributed by atoms with Crippen LogP contribution in [0.25, 0.3) is 11.0 Å². The van der Waals surface area contributed by atoms with Crippen LogP contribution < -0.4 is 5.63 Å². The third kappa shape index (κ3) is 3.00. The second-order valence-corrected chi connectivity index (χ2v) is 5.01. The minimum atomic E-state index is -1.12. The number of aryl methyl sites for hydroxylation is 1. The fourth-order valence-electron chi connectivity index (χ4n) is 2.40. The Hall–Kier alpha value is -2.63. The van der Waals surface area contributed by atoms with E-state index in [0.717, 1.165) is 4.90 Å². The van der Waals surface area contributed by atoms with E-state index < -0.39 is 24.0 Å².